The van der Waals surface area contributed by atoms with Gasteiger partial charge < -0.3 is 5.73 Å². The van der Waals surface area contributed by atoms with Gasteiger partial charge in [0.2, 0.25) is 0 Å². The van der Waals surface area contributed by atoms with Crippen molar-refractivity contribution in [3.05, 3.63) is 71.3 Å². The molecule has 20 heavy (non-hydrogen) atoms. The molecule has 1 unspecified atom stereocenters. The maximum Gasteiger partial charge on any atom is 0.139 e. The molecule has 0 spiro atoms. The van der Waals surface area contributed by atoms with Crippen LogP contribution in [0, 0.1) is 11.6 Å². The van der Waals surface area contributed by atoms with Gasteiger partial charge in [0.1, 0.15) is 17.4 Å². The average molecular weight is 275 g/mol. The first kappa shape index (κ1) is 14.3. The third-order valence-electron chi connectivity index (χ3n) is 3.00. The average Bonchev–Trinajstić information content (AvgIpc) is 2.38. The summed E-state index contributed by atoms with van der Waals surface area (Å²) >= 11 is 0. The van der Waals surface area contributed by atoms with E-state index >= 15 is 0 Å². The zero-order valence-corrected chi connectivity index (χ0v) is 10.9. The summed E-state index contributed by atoms with van der Waals surface area (Å²) in [6, 6.07) is 12.0. The number of hydrogen-bond acceptors (Lipinski definition) is 2. The van der Waals surface area contributed by atoms with Crippen molar-refractivity contribution < 1.29 is 13.6 Å². The first-order chi connectivity index (χ1) is 9.54. The molecule has 0 radical (unpaired) electrons. The van der Waals surface area contributed by atoms with Crippen LogP contribution in [0.2, 0.25) is 0 Å². The molecule has 4 heteroatoms. The molecule has 0 aromatic heterocycles. The number of nitrogens with two attached hydrogens (primary N) is 1. The smallest absolute Gasteiger partial charge is 0.139 e. The van der Waals surface area contributed by atoms with E-state index in [1.807, 2.05) is 30.3 Å². The first-order valence-electron chi connectivity index (χ1n) is 6.32. The fraction of sp³-hybridized carbons (Fsp3) is 0.188. The minimum Gasteiger partial charge on any atom is -0.324 e. The van der Waals surface area contributed by atoms with Gasteiger partial charge in [0.05, 0.1) is 0 Å². The molecule has 0 amide bonds. The molecular weight excluding hydrogens is 260 g/mol. The van der Waals surface area contributed by atoms with Crippen LogP contribution in [0.3, 0.4) is 0 Å². The van der Waals surface area contributed by atoms with E-state index in [0.29, 0.717) is 5.56 Å². The topological polar surface area (TPSA) is 43.1 Å². The predicted octanol–water partition coefficient (Wildman–Crippen LogP) is 3.17. The van der Waals surface area contributed by atoms with Crippen LogP contribution in [0.5, 0.6) is 0 Å². The third-order valence-corrected chi connectivity index (χ3v) is 3.00. The molecule has 0 aliphatic rings. The number of Topliss-reactive ketones (excluding diaryl/α,β-unsaturated/α-hetero) is 1. The molecule has 2 rings (SSSR count). The molecular formula is C16H15F2NO. The standard InChI is InChI=1S/C16H15F2NO/c17-13-6-11(7-14(18)9-13)8-15(20)10-16(19)12-4-2-1-3-5-12/h1-7,9,16H,8,10,19H2. The monoisotopic (exact) mass is 275 g/mol. The predicted molar refractivity (Wildman–Crippen MR) is 73.1 cm³/mol. The first-order valence-corrected chi connectivity index (χ1v) is 6.32. The molecule has 0 heterocycles. The van der Waals surface area contributed by atoms with Crippen molar-refractivity contribution in [2.45, 2.75) is 18.9 Å². The van der Waals surface area contributed by atoms with Gasteiger partial charge in [0.15, 0.2) is 0 Å². The van der Waals surface area contributed by atoms with E-state index < -0.39 is 17.7 Å². The molecule has 0 fully saturated rings. The van der Waals surface area contributed by atoms with Crippen LogP contribution in [0.1, 0.15) is 23.6 Å². The molecule has 0 aliphatic heterocycles. The molecule has 2 nitrogen and oxygen atoms in total. The maximum absolute atomic E-state index is 13.0. The van der Waals surface area contributed by atoms with E-state index in [1.165, 1.54) is 0 Å². The zero-order valence-electron chi connectivity index (χ0n) is 10.9. The lowest BCUT2D eigenvalue weighted by Gasteiger charge is -2.11. The van der Waals surface area contributed by atoms with E-state index in [1.54, 1.807) is 0 Å². The summed E-state index contributed by atoms with van der Waals surface area (Å²) in [5.74, 6) is -1.51. The van der Waals surface area contributed by atoms with Crippen LogP contribution in [-0.4, -0.2) is 5.78 Å². The van der Waals surface area contributed by atoms with Gasteiger partial charge >= 0.3 is 0 Å². The quantitative estimate of drug-likeness (QED) is 0.910. The van der Waals surface area contributed by atoms with Crippen LogP contribution in [0.4, 0.5) is 8.78 Å². The van der Waals surface area contributed by atoms with Crippen molar-refractivity contribution >= 4 is 5.78 Å². The van der Waals surface area contributed by atoms with Gasteiger partial charge in [-0.25, -0.2) is 8.78 Å². The van der Waals surface area contributed by atoms with Gasteiger partial charge in [0.25, 0.3) is 0 Å². The Balaban J connectivity index is 1.99. The Labute approximate surface area is 116 Å². The molecule has 0 saturated heterocycles. The lowest BCUT2D eigenvalue weighted by atomic mass is 9.99. The minimum atomic E-state index is -0.680. The highest BCUT2D eigenvalue weighted by Gasteiger charge is 2.13. The largest absolute Gasteiger partial charge is 0.324 e. The van der Waals surface area contributed by atoms with Crippen molar-refractivity contribution in [2.75, 3.05) is 0 Å². The number of rotatable bonds is 5. The Morgan fingerprint density at radius 2 is 1.65 bits per heavy atom. The van der Waals surface area contributed by atoms with Crippen molar-refractivity contribution in [2.24, 2.45) is 5.73 Å². The summed E-state index contributed by atoms with van der Waals surface area (Å²) in [6.07, 6.45) is 0.122. The summed E-state index contributed by atoms with van der Waals surface area (Å²) in [4.78, 5) is 11.9. The maximum atomic E-state index is 13.0. The number of benzene rings is 2. The molecule has 0 aliphatic carbocycles. The summed E-state index contributed by atoms with van der Waals surface area (Å²) < 4.78 is 26.1. The summed E-state index contributed by atoms with van der Waals surface area (Å²) in [7, 11) is 0. The van der Waals surface area contributed by atoms with Gasteiger partial charge in [-0.1, -0.05) is 30.3 Å². The lowest BCUT2D eigenvalue weighted by molar-refractivity contribution is -0.118. The van der Waals surface area contributed by atoms with Crippen molar-refractivity contribution in [3.8, 4) is 0 Å². The van der Waals surface area contributed by atoms with Crippen LogP contribution in [0.15, 0.2) is 48.5 Å². The van der Waals surface area contributed by atoms with Gasteiger partial charge in [-0.05, 0) is 23.3 Å². The Morgan fingerprint density at radius 3 is 2.25 bits per heavy atom. The second-order valence-corrected chi connectivity index (χ2v) is 4.71. The van der Waals surface area contributed by atoms with Crippen molar-refractivity contribution in [1.29, 1.82) is 0 Å². The van der Waals surface area contributed by atoms with E-state index in [4.69, 9.17) is 5.73 Å². The van der Waals surface area contributed by atoms with Crippen LogP contribution in [0.25, 0.3) is 0 Å². The van der Waals surface area contributed by atoms with Crippen LogP contribution < -0.4 is 5.73 Å². The Bertz CT molecular complexity index is 578. The van der Waals surface area contributed by atoms with Gasteiger partial charge in [-0.15, -0.1) is 0 Å². The van der Waals surface area contributed by atoms with E-state index in [9.17, 15) is 13.6 Å². The number of carbonyl (C=O) groups excluding carboxylic acids is 1. The zero-order chi connectivity index (χ0) is 14.5. The molecule has 1 atom stereocenters. The summed E-state index contributed by atoms with van der Waals surface area (Å²) in [6.45, 7) is 0. The Morgan fingerprint density at radius 1 is 1.05 bits per heavy atom. The van der Waals surface area contributed by atoms with Gasteiger partial charge in [-0.3, -0.25) is 4.79 Å². The second kappa shape index (κ2) is 6.39. The van der Waals surface area contributed by atoms with Crippen LogP contribution >= 0.6 is 0 Å². The molecule has 0 saturated carbocycles. The summed E-state index contributed by atoms with van der Waals surface area (Å²) in [5.41, 5.74) is 7.13. The number of halogens is 2. The van der Waals surface area contributed by atoms with Crippen molar-refractivity contribution in [1.82, 2.24) is 0 Å². The van der Waals surface area contributed by atoms with Gasteiger partial charge in [0, 0.05) is 24.9 Å². The van der Waals surface area contributed by atoms with Crippen LogP contribution in [-0.2, 0) is 11.2 Å². The van der Waals surface area contributed by atoms with Crippen molar-refractivity contribution in [3.63, 3.8) is 0 Å². The number of hydrogen-bond donors (Lipinski definition) is 1. The third kappa shape index (κ3) is 3.96. The minimum absolute atomic E-state index is 0.0186. The fourth-order valence-electron chi connectivity index (χ4n) is 2.08. The SMILES string of the molecule is NC(CC(=O)Cc1cc(F)cc(F)c1)c1ccccc1. The molecule has 2 N–H and O–H groups in total. The molecule has 0 bridgehead atoms. The van der Waals surface area contributed by atoms with Gasteiger partial charge in [-0.2, -0.15) is 0 Å². The fourth-order valence-corrected chi connectivity index (χ4v) is 2.08. The Hall–Kier alpha value is -2.07. The molecule has 2 aromatic rings. The molecule has 2 aromatic carbocycles. The number of carbonyl (C=O) groups is 1. The van der Waals surface area contributed by atoms with E-state index in [0.717, 1.165) is 23.8 Å². The second-order valence-electron chi connectivity index (χ2n) is 4.71. The number of ketones is 1. The summed E-state index contributed by atoms with van der Waals surface area (Å²) in [5, 5.41) is 0. The highest BCUT2D eigenvalue weighted by molar-refractivity contribution is 5.81. The highest BCUT2D eigenvalue weighted by atomic mass is 19.1. The van der Waals surface area contributed by atoms with E-state index in [-0.39, 0.29) is 18.6 Å². The van der Waals surface area contributed by atoms with E-state index in [2.05, 4.69) is 0 Å². The lowest BCUT2D eigenvalue weighted by Crippen LogP contribution is -2.16. The molecule has 104 valence electrons. The Kier molecular flexibility index (Phi) is 4.58. The normalized spacial score (nSPS) is 12.2. The highest BCUT2D eigenvalue weighted by Crippen LogP contribution is 2.16.